The van der Waals surface area contributed by atoms with Gasteiger partial charge in [0.15, 0.2) is 0 Å². The Kier molecular flexibility index (Phi) is 6.38. The number of piperidine rings is 1. The molecule has 1 saturated heterocycles. The molecule has 0 spiro atoms. The largest absolute Gasteiger partial charge is 0.497 e. The molecule has 1 aliphatic rings. The van der Waals surface area contributed by atoms with Crippen molar-refractivity contribution in [3.8, 4) is 17.0 Å². The molecular weight excluding hydrogens is 374 g/mol. The SMILES string of the molecule is COc1cccc(-c2nccnc2C2CCCN(C(=O)CCc3ccccc3)C2)c1. The molecule has 5 heteroatoms. The van der Waals surface area contributed by atoms with E-state index in [0.29, 0.717) is 13.0 Å². The van der Waals surface area contributed by atoms with Gasteiger partial charge in [-0.1, -0.05) is 42.5 Å². The second-order valence-corrected chi connectivity index (χ2v) is 7.69. The van der Waals surface area contributed by atoms with Crippen LogP contribution in [-0.4, -0.2) is 41.0 Å². The molecular formula is C25H27N3O2. The summed E-state index contributed by atoms with van der Waals surface area (Å²) in [6.45, 7) is 1.52. The van der Waals surface area contributed by atoms with Crippen LogP contribution >= 0.6 is 0 Å². The second kappa shape index (κ2) is 9.53. The normalized spacial score (nSPS) is 16.3. The molecule has 4 rings (SSSR count). The van der Waals surface area contributed by atoms with Gasteiger partial charge in [0.1, 0.15) is 5.75 Å². The first kappa shape index (κ1) is 20.1. The summed E-state index contributed by atoms with van der Waals surface area (Å²) in [4.78, 5) is 24.2. The van der Waals surface area contributed by atoms with Crippen LogP contribution in [0.5, 0.6) is 5.75 Å². The van der Waals surface area contributed by atoms with Crippen molar-refractivity contribution in [2.45, 2.75) is 31.6 Å². The molecule has 0 N–H and O–H groups in total. The number of carbonyl (C=O) groups excluding carboxylic acids is 1. The summed E-state index contributed by atoms with van der Waals surface area (Å²) >= 11 is 0. The Balaban J connectivity index is 1.49. The van der Waals surface area contributed by atoms with Crippen molar-refractivity contribution < 1.29 is 9.53 Å². The third-order valence-electron chi connectivity index (χ3n) is 5.70. The standard InChI is InChI=1S/C25H27N3O2/c1-30-22-11-5-9-20(17-22)24-25(27-15-14-26-24)21-10-6-16-28(18-21)23(29)13-12-19-7-3-2-4-8-19/h2-5,7-9,11,14-15,17,21H,6,10,12-13,16,18H2,1H3. The maximum absolute atomic E-state index is 12.9. The van der Waals surface area contributed by atoms with Crippen LogP contribution in [0.3, 0.4) is 0 Å². The number of benzene rings is 2. The lowest BCUT2D eigenvalue weighted by Gasteiger charge is -2.33. The van der Waals surface area contributed by atoms with Gasteiger partial charge in [-0.05, 0) is 37.0 Å². The number of ether oxygens (including phenoxy) is 1. The highest BCUT2D eigenvalue weighted by atomic mass is 16.5. The van der Waals surface area contributed by atoms with Gasteiger partial charge < -0.3 is 9.64 Å². The molecule has 1 amide bonds. The fourth-order valence-corrected chi connectivity index (χ4v) is 4.12. The van der Waals surface area contributed by atoms with Gasteiger partial charge in [0.05, 0.1) is 18.5 Å². The van der Waals surface area contributed by atoms with Crippen molar-refractivity contribution >= 4 is 5.91 Å². The predicted molar refractivity (Wildman–Crippen MR) is 117 cm³/mol. The summed E-state index contributed by atoms with van der Waals surface area (Å²) in [6.07, 6.45) is 6.79. The zero-order valence-corrected chi connectivity index (χ0v) is 17.3. The highest BCUT2D eigenvalue weighted by Gasteiger charge is 2.27. The minimum Gasteiger partial charge on any atom is -0.497 e. The van der Waals surface area contributed by atoms with Crippen molar-refractivity contribution in [1.82, 2.24) is 14.9 Å². The quantitative estimate of drug-likeness (QED) is 0.611. The molecule has 1 aromatic heterocycles. The van der Waals surface area contributed by atoms with Gasteiger partial charge in [-0.15, -0.1) is 0 Å². The molecule has 3 aromatic rings. The molecule has 1 aliphatic heterocycles. The Morgan fingerprint density at radius 3 is 2.77 bits per heavy atom. The molecule has 154 valence electrons. The van der Waals surface area contributed by atoms with Crippen molar-refractivity contribution in [3.63, 3.8) is 0 Å². The predicted octanol–water partition coefficient (Wildman–Crippen LogP) is 4.49. The third-order valence-corrected chi connectivity index (χ3v) is 5.70. The van der Waals surface area contributed by atoms with Crippen molar-refractivity contribution in [2.75, 3.05) is 20.2 Å². The third kappa shape index (κ3) is 4.67. The maximum atomic E-state index is 12.9. The molecule has 0 bridgehead atoms. The summed E-state index contributed by atoms with van der Waals surface area (Å²) in [5, 5.41) is 0. The lowest BCUT2D eigenvalue weighted by atomic mass is 9.91. The van der Waals surface area contributed by atoms with E-state index in [1.54, 1.807) is 19.5 Å². The number of carbonyl (C=O) groups is 1. The number of methoxy groups -OCH3 is 1. The summed E-state index contributed by atoms with van der Waals surface area (Å²) < 4.78 is 5.37. The zero-order valence-electron chi connectivity index (χ0n) is 17.3. The van der Waals surface area contributed by atoms with Crippen molar-refractivity contribution in [2.24, 2.45) is 0 Å². The van der Waals surface area contributed by atoms with Crippen LogP contribution in [0.2, 0.25) is 0 Å². The van der Waals surface area contributed by atoms with E-state index in [1.165, 1.54) is 5.56 Å². The molecule has 2 heterocycles. The fraction of sp³-hybridized carbons (Fsp3) is 0.320. The Morgan fingerprint density at radius 2 is 1.93 bits per heavy atom. The van der Waals surface area contributed by atoms with E-state index >= 15 is 0 Å². The molecule has 0 saturated carbocycles. The van der Waals surface area contributed by atoms with Gasteiger partial charge in [0.25, 0.3) is 0 Å². The van der Waals surface area contributed by atoms with Crippen LogP contribution in [0.4, 0.5) is 0 Å². The van der Waals surface area contributed by atoms with Crippen LogP contribution in [0.1, 0.15) is 36.4 Å². The van der Waals surface area contributed by atoms with Crippen LogP contribution in [0.25, 0.3) is 11.3 Å². The van der Waals surface area contributed by atoms with Crippen molar-refractivity contribution in [3.05, 3.63) is 78.2 Å². The van der Waals surface area contributed by atoms with Gasteiger partial charge in [-0.25, -0.2) is 0 Å². The molecule has 1 unspecified atom stereocenters. The van der Waals surface area contributed by atoms with E-state index in [9.17, 15) is 4.79 Å². The van der Waals surface area contributed by atoms with Gasteiger partial charge >= 0.3 is 0 Å². The average Bonchev–Trinajstić information content (AvgIpc) is 2.83. The number of hydrogen-bond acceptors (Lipinski definition) is 4. The minimum atomic E-state index is 0.189. The first-order valence-electron chi connectivity index (χ1n) is 10.5. The summed E-state index contributed by atoms with van der Waals surface area (Å²) in [6, 6.07) is 18.1. The number of rotatable bonds is 6. The second-order valence-electron chi connectivity index (χ2n) is 7.69. The highest BCUT2D eigenvalue weighted by Crippen LogP contribution is 2.33. The number of likely N-dealkylation sites (tertiary alicyclic amines) is 1. The highest BCUT2D eigenvalue weighted by molar-refractivity contribution is 5.76. The van der Waals surface area contributed by atoms with E-state index in [1.807, 2.05) is 47.4 Å². The number of amides is 1. The van der Waals surface area contributed by atoms with Crippen molar-refractivity contribution in [1.29, 1.82) is 0 Å². The fourth-order valence-electron chi connectivity index (χ4n) is 4.12. The van der Waals surface area contributed by atoms with Gasteiger partial charge in [0, 0.05) is 43.4 Å². The van der Waals surface area contributed by atoms with E-state index < -0.39 is 0 Å². The van der Waals surface area contributed by atoms with Crippen LogP contribution in [0, 0.1) is 0 Å². The Hall–Kier alpha value is -3.21. The number of aryl methyl sites for hydroxylation is 1. The molecule has 2 aromatic carbocycles. The van der Waals surface area contributed by atoms with E-state index in [2.05, 4.69) is 22.1 Å². The maximum Gasteiger partial charge on any atom is 0.222 e. The smallest absolute Gasteiger partial charge is 0.222 e. The van der Waals surface area contributed by atoms with Crippen LogP contribution in [0.15, 0.2) is 67.0 Å². The number of hydrogen-bond donors (Lipinski definition) is 0. The lowest BCUT2D eigenvalue weighted by molar-refractivity contribution is -0.132. The van der Waals surface area contributed by atoms with Gasteiger partial charge in [-0.3, -0.25) is 14.8 Å². The Labute approximate surface area is 177 Å². The summed E-state index contributed by atoms with van der Waals surface area (Å²) in [5.41, 5.74) is 4.03. The monoisotopic (exact) mass is 401 g/mol. The molecule has 1 atom stereocenters. The minimum absolute atomic E-state index is 0.189. The van der Waals surface area contributed by atoms with E-state index in [4.69, 9.17) is 4.74 Å². The average molecular weight is 402 g/mol. The number of nitrogens with zero attached hydrogens (tertiary/aromatic N) is 3. The first-order chi connectivity index (χ1) is 14.7. The summed E-state index contributed by atoms with van der Waals surface area (Å²) in [5.74, 6) is 1.20. The van der Waals surface area contributed by atoms with Gasteiger partial charge in [-0.2, -0.15) is 0 Å². The first-order valence-corrected chi connectivity index (χ1v) is 10.5. The van der Waals surface area contributed by atoms with Crippen LogP contribution in [-0.2, 0) is 11.2 Å². The van der Waals surface area contributed by atoms with Gasteiger partial charge in [0.2, 0.25) is 5.91 Å². The molecule has 5 nitrogen and oxygen atoms in total. The molecule has 1 fully saturated rings. The molecule has 0 radical (unpaired) electrons. The van der Waals surface area contributed by atoms with E-state index in [0.717, 1.165) is 48.5 Å². The lowest BCUT2D eigenvalue weighted by Crippen LogP contribution is -2.39. The summed E-state index contributed by atoms with van der Waals surface area (Å²) in [7, 11) is 1.66. The van der Waals surface area contributed by atoms with E-state index in [-0.39, 0.29) is 11.8 Å². The van der Waals surface area contributed by atoms with Crippen LogP contribution < -0.4 is 4.74 Å². The topological polar surface area (TPSA) is 55.3 Å². The molecule has 0 aliphatic carbocycles. The Morgan fingerprint density at radius 1 is 1.10 bits per heavy atom. The molecule has 30 heavy (non-hydrogen) atoms. The number of aromatic nitrogens is 2. The zero-order chi connectivity index (χ0) is 20.8. The Bertz CT molecular complexity index is 990.